The Morgan fingerprint density at radius 3 is 2.50 bits per heavy atom. The number of rotatable bonds is 6. The van der Waals surface area contributed by atoms with E-state index in [9.17, 15) is 5.11 Å². The Morgan fingerprint density at radius 2 is 1.89 bits per heavy atom. The highest BCUT2D eigenvalue weighted by molar-refractivity contribution is 5.44. The molecule has 1 aromatic rings. The van der Waals surface area contributed by atoms with Crippen molar-refractivity contribution in [3.05, 3.63) is 30.3 Å². The molecule has 2 rings (SSSR count). The summed E-state index contributed by atoms with van der Waals surface area (Å²) in [7, 11) is 2.11. The molecule has 0 atom stereocenters. The van der Waals surface area contributed by atoms with Crippen LogP contribution < -0.4 is 10.2 Å². The lowest BCUT2D eigenvalue weighted by Gasteiger charge is -2.29. The number of nitrogens with one attached hydrogen (secondary N) is 1. The standard InChI is InChI=1S/C15H24N2O/c1-17(14-7-3-2-4-8-14)12-11-16-15(13-18)9-5-6-10-15/h2-4,7-8,16,18H,5-6,9-13H2,1H3. The van der Waals surface area contributed by atoms with Gasteiger partial charge in [0, 0.05) is 31.4 Å². The molecule has 1 fully saturated rings. The summed E-state index contributed by atoms with van der Waals surface area (Å²) in [6.45, 7) is 2.15. The van der Waals surface area contributed by atoms with E-state index in [1.807, 2.05) is 6.07 Å². The van der Waals surface area contributed by atoms with E-state index in [2.05, 4.69) is 41.5 Å². The van der Waals surface area contributed by atoms with Crippen LogP contribution in [0.25, 0.3) is 0 Å². The van der Waals surface area contributed by atoms with Crippen LogP contribution in [0.4, 0.5) is 5.69 Å². The van der Waals surface area contributed by atoms with Gasteiger partial charge in [0.05, 0.1) is 6.61 Å². The van der Waals surface area contributed by atoms with E-state index in [0.29, 0.717) is 0 Å². The van der Waals surface area contributed by atoms with Crippen molar-refractivity contribution >= 4 is 5.69 Å². The van der Waals surface area contributed by atoms with Crippen molar-refractivity contribution in [1.82, 2.24) is 5.32 Å². The maximum atomic E-state index is 9.52. The van der Waals surface area contributed by atoms with Gasteiger partial charge in [0.1, 0.15) is 0 Å². The fourth-order valence-electron chi connectivity index (χ4n) is 2.74. The van der Waals surface area contributed by atoms with E-state index in [4.69, 9.17) is 0 Å². The molecule has 0 spiro atoms. The number of aliphatic hydroxyl groups excluding tert-OH is 1. The van der Waals surface area contributed by atoms with Crippen LogP contribution in [0.3, 0.4) is 0 Å². The lowest BCUT2D eigenvalue weighted by Crippen LogP contribution is -2.48. The van der Waals surface area contributed by atoms with Crippen LogP contribution in [0.5, 0.6) is 0 Å². The molecule has 0 amide bonds. The lowest BCUT2D eigenvalue weighted by molar-refractivity contribution is 0.165. The first-order valence-electron chi connectivity index (χ1n) is 6.88. The van der Waals surface area contributed by atoms with Crippen LogP contribution in [-0.4, -0.2) is 37.4 Å². The number of nitrogens with zero attached hydrogens (tertiary/aromatic N) is 1. The van der Waals surface area contributed by atoms with Gasteiger partial charge in [0.25, 0.3) is 0 Å². The molecule has 100 valence electrons. The molecule has 0 saturated heterocycles. The summed E-state index contributed by atoms with van der Waals surface area (Å²) in [5.74, 6) is 0. The van der Waals surface area contributed by atoms with Crippen molar-refractivity contribution in [2.75, 3.05) is 31.6 Å². The first kappa shape index (κ1) is 13.4. The number of para-hydroxylation sites is 1. The smallest absolute Gasteiger partial charge is 0.0613 e. The maximum absolute atomic E-state index is 9.52. The molecule has 1 saturated carbocycles. The van der Waals surface area contributed by atoms with Crippen LogP contribution in [0.1, 0.15) is 25.7 Å². The summed E-state index contributed by atoms with van der Waals surface area (Å²) < 4.78 is 0. The lowest BCUT2D eigenvalue weighted by atomic mass is 9.99. The number of anilines is 1. The van der Waals surface area contributed by atoms with E-state index >= 15 is 0 Å². The maximum Gasteiger partial charge on any atom is 0.0613 e. The van der Waals surface area contributed by atoms with Crippen molar-refractivity contribution in [2.45, 2.75) is 31.2 Å². The SMILES string of the molecule is CN(CCNC1(CO)CCCC1)c1ccccc1. The number of aliphatic hydroxyl groups is 1. The predicted molar refractivity (Wildman–Crippen MR) is 76.0 cm³/mol. The van der Waals surface area contributed by atoms with Gasteiger partial charge in [-0.1, -0.05) is 31.0 Å². The minimum Gasteiger partial charge on any atom is -0.394 e. The summed E-state index contributed by atoms with van der Waals surface area (Å²) in [5, 5.41) is 13.1. The highest BCUT2D eigenvalue weighted by Crippen LogP contribution is 2.28. The molecular weight excluding hydrogens is 224 g/mol. The molecule has 0 bridgehead atoms. The molecule has 0 radical (unpaired) electrons. The number of benzene rings is 1. The van der Waals surface area contributed by atoms with Crippen LogP contribution in [0.15, 0.2) is 30.3 Å². The zero-order valence-corrected chi connectivity index (χ0v) is 11.2. The Morgan fingerprint density at radius 1 is 1.22 bits per heavy atom. The van der Waals surface area contributed by atoms with Gasteiger partial charge in [0.15, 0.2) is 0 Å². The van der Waals surface area contributed by atoms with Crippen LogP contribution in [0.2, 0.25) is 0 Å². The largest absolute Gasteiger partial charge is 0.394 e. The molecule has 1 aliphatic carbocycles. The molecular formula is C15H24N2O. The van der Waals surface area contributed by atoms with Crippen molar-refractivity contribution in [1.29, 1.82) is 0 Å². The van der Waals surface area contributed by atoms with Crippen LogP contribution >= 0.6 is 0 Å². The zero-order valence-electron chi connectivity index (χ0n) is 11.2. The minimum absolute atomic E-state index is 0.00245. The fourth-order valence-corrected chi connectivity index (χ4v) is 2.74. The summed E-state index contributed by atoms with van der Waals surface area (Å²) in [6.07, 6.45) is 4.70. The van der Waals surface area contributed by atoms with E-state index in [1.165, 1.54) is 18.5 Å². The Kier molecular flexibility index (Phi) is 4.61. The number of likely N-dealkylation sites (N-methyl/N-ethyl adjacent to an activating group) is 1. The third kappa shape index (κ3) is 3.24. The fraction of sp³-hybridized carbons (Fsp3) is 0.600. The Hall–Kier alpha value is -1.06. The summed E-state index contributed by atoms with van der Waals surface area (Å²) >= 11 is 0. The second kappa shape index (κ2) is 6.21. The molecule has 18 heavy (non-hydrogen) atoms. The Labute approximate surface area is 110 Å². The van der Waals surface area contributed by atoms with Gasteiger partial charge >= 0.3 is 0 Å². The number of hydrogen-bond donors (Lipinski definition) is 2. The average molecular weight is 248 g/mol. The average Bonchev–Trinajstić information content (AvgIpc) is 2.89. The Balaban J connectivity index is 1.78. The van der Waals surface area contributed by atoms with Gasteiger partial charge in [0.2, 0.25) is 0 Å². The molecule has 3 heteroatoms. The second-order valence-electron chi connectivity index (χ2n) is 5.33. The van der Waals surface area contributed by atoms with Gasteiger partial charge in [-0.05, 0) is 25.0 Å². The van der Waals surface area contributed by atoms with Crippen LogP contribution in [-0.2, 0) is 0 Å². The highest BCUT2D eigenvalue weighted by Gasteiger charge is 2.32. The van der Waals surface area contributed by atoms with Gasteiger partial charge in [-0.2, -0.15) is 0 Å². The molecule has 1 aliphatic rings. The third-order valence-electron chi connectivity index (χ3n) is 4.01. The first-order chi connectivity index (χ1) is 8.76. The van der Waals surface area contributed by atoms with Crippen molar-refractivity contribution in [2.24, 2.45) is 0 Å². The van der Waals surface area contributed by atoms with Crippen molar-refractivity contribution in [3.8, 4) is 0 Å². The quantitative estimate of drug-likeness (QED) is 0.808. The molecule has 0 unspecified atom stereocenters. The van der Waals surface area contributed by atoms with Gasteiger partial charge in [-0.25, -0.2) is 0 Å². The van der Waals surface area contributed by atoms with Crippen LogP contribution in [0, 0.1) is 0 Å². The predicted octanol–water partition coefficient (Wildman–Crippen LogP) is 2.02. The second-order valence-corrected chi connectivity index (χ2v) is 5.33. The highest BCUT2D eigenvalue weighted by atomic mass is 16.3. The molecule has 3 nitrogen and oxygen atoms in total. The van der Waals surface area contributed by atoms with Gasteiger partial charge in [-0.15, -0.1) is 0 Å². The van der Waals surface area contributed by atoms with E-state index in [1.54, 1.807) is 0 Å². The Bertz CT molecular complexity index is 347. The van der Waals surface area contributed by atoms with Gasteiger partial charge in [-0.3, -0.25) is 0 Å². The van der Waals surface area contributed by atoms with Crippen molar-refractivity contribution in [3.63, 3.8) is 0 Å². The molecule has 1 aromatic carbocycles. The normalized spacial score (nSPS) is 17.9. The van der Waals surface area contributed by atoms with E-state index in [-0.39, 0.29) is 12.1 Å². The number of hydrogen-bond acceptors (Lipinski definition) is 3. The third-order valence-corrected chi connectivity index (χ3v) is 4.01. The zero-order chi connectivity index (χ0) is 12.8. The summed E-state index contributed by atoms with van der Waals surface area (Å²) in [6, 6.07) is 10.4. The van der Waals surface area contributed by atoms with Crippen molar-refractivity contribution < 1.29 is 5.11 Å². The monoisotopic (exact) mass is 248 g/mol. The van der Waals surface area contributed by atoms with E-state index in [0.717, 1.165) is 25.9 Å². The molecule has 0 aliphatic heterocycles. The van der Waals surface area contributed by atoms with Gasteiger partial charge < -0.3 is 15.3 Å². The summed E-state index contributed by atoms with van der Waals surface area (Å²) in [4.78, 5) is 2.24. The molecule has 0 aromatic heterocycles. The summed E-state index contributed by atoms with van der Waals surface area (Å²) in [5.41, 5.74) is 1.24. The topological polar surface area (TPSA) is 35.5 Å². The molecule has 0 heterocycles. The first-order valence-corrected chi connectivity index (χ1v) is 6.88. The molecule has 2 N–H and O–H groups in total. The van der Waals surface area contributed by atoms with E-state index < -0.39 is 0 Å². The minimum atomic E-state index is -0.00245.